The second-order valence-corrected chi connectivity index (χ2v) is 8.07. The molecule has 5 nitrogen and oxygen atoms in total. The fraction of sp³-hybridized carbons (Fsp3) is 0.737. The number of hydrogen-bond donors (Lipinski definition) is 0. The maximum Gasteiger partial charge on any atom is 0.225 e. The number of carbonyl (C=O) groups excluding carboxylic acids is 1. The summed E-state index contributed by atoms with van der Waals surface area (Å²) >= 11 is 0. The van der Waals surface area contributed by atoms with Crippen LogP contribution >= 0.6 is 0 Å². The second-order valence-electron chi connectivity index (χ2n) is 8.07. The van der Waals surface area contributed by atoms with Crippen molar-refractivity contribution >= 4 is 5.91 Å². The van der Waals surface area contributed by atoms with Crippen LogP contribution in [0.5, 0.6) is 0 Å². The molecular formula is C19H27N3O2. The molecule has 1 saturated heterocycles. The van der Waals surface area contributed by atoms with Gasteiger partial charge < -0.3 is 9.64 Å². The molecule has 0 aromatic carbocycles. The van der Waals surface area contributed by atoms with Crippen molar-refractivity contribution in [1.82, 2.24) is 14.9 Å². The Bertz CT molecular complexity index is 649. The highest BCUT2D eigenvalue weighted by atomic mass is 16.5. The van der Waals surface area contributed by atoms with E-state index in [2.05, 4.69) is 18.8 Å². The summed E-state index contributed by atoms with van der Waals surface area (Å²) in [4.78, 5) is 24.1. The lowest BCUT2D eigenvalue weighted by atomic mass is 9.77. The van der Waals surface area contributed by atoms with Crippen LogP contribution in [0.15, 0.2) is 6.20 Å². The SMILES string of the molecule is COC1(CC(=O)N2CC3Cc4nc(C(C)C)ncc4C3C2)CCC1. The van der Waals surface area contributed by atoms with Gasteiger partial charge in [0.2, 0.25) is 5.91 Å². The first kappa shape index (κ1) is 16.0. The van der Waals surface area contributed by atoms with E-state index in [1.807, 2.05) is 11.1 Å². The highest BCUT2D eigenvalue weighted by Crippen LogP contribution is 2.44. The minimum absolute atomic E-state index is 0.179. The number of ether oxygens (including phenoxy) is 1. The second kappa shape index (κ2) is 5.80. The van der Waals surface area contributed by atoms with Gasteiger partial charge in [0.1, 0.15) is 5.82 Å². The lowest BCUT2D eigenvalue weighted by Crippen LogP contribution is -2.44. The van der Waals surface area contributed by atoms with Crippen molar-refractivity contribution in [2.45, 2.75) is 63.4 Å². The van der Waals surface area contributed by atoms with Crippen molar-refractivity contribution in [3.05, 3.63) is 23.3 Å². The smallest absolute Gasteiger partial charge is 0.225 e. The van der Waals surface area contributed by atoms with E-state index in [1.54, 1.807) is 7.11 Å². The average Bonchev–Trinajstić information content (AvgIpc) is 3.07. The van der Waals surface area contributed by atoms with Crippen molar-refractivity contribution in [2.24, 2.45) is 5.92 Å². The molecule has 1 aromatic rings. The Morgan fingerprint density at radius 3 is 2.83 bits per heavy atom. The molecule has 2 unspecified atom stereocenters. The molecule has 4 rings (SSSR count). The Hall–Kier alpha value is -1.49. The van der Waals surface area contributed by atoms with Crippen molar-refractivity contribution in [2.75, 3.05) is 20.2 Å². The molecule has 0 spiro atoms. The Balaban J connectivity index is 1.45. The van der Waals surface area contributed by atoms with Crippen LogP contribution < -0.4 is 0 Å². The topological polar surface area (TPSA) is 55.3 Å². The van der Waals surface area contributed by atoms with Crippen LogP contribution in [0.2, 0.25) is 0 Å². The standard InChI is InChI=1S/C19H27N3O2/c1-12(2)18-20-9-14-15-11-22(10-13(15)7-16(14)21-18)17(23)8-19(24-3)5-4-6-19/h9,12-13,15H,4-8,10-11H2,1-3H3. The van der Waals surface area contributed by atoms with E-state index >= 15 is 0 Å². The third-order valence-corrected chi connectivity index (χ3v) is 6.25. The molecule has 24 heavy (non-hydrogen) atoms. The number of aromatic nitrogens is 2. The van der Waals surface area contributed by atoms with Crippen molar-refractivity contribution in [3.8, 4) is 0 Å². The number of carbonyl (C=O) groups is 1. The molecule has 1 aliphatic heterocycles. The molecule has 5 heteroatoms. The van der Waals surface area contributed by atoms with Crippen LogP contribution in [0.25, 0.3) is 0 Å². The first-order valence-corrected chi connectivity index (χ1v) is 9.20. The fourth-order valence-electron chi connectivity index (χ4n) is 4.49. The van der Waals surface area contributed by atoms with Gasteiger partial charge in [-0.3, -0.25) is 4.79 Å². The quantitative estimate of drug-likeness (QED) is 0.852. The minimum atomic E-state index is -0.179. The summed E-state index contributed by atoms with van der Waals surface area (Å²) in [5.74, 6) is 2.49. The van der Waals surface area contributed by atoms with E-state index < -0.39 is 0 Å². The fourth-order valence-corrected chi connectivity index (χ4v) is 4.49. The van der Waals surface area contributed by atoms with E-state index in [-0.39, 0.29) is 11.5 Å². The molecule has 1 amide bonds. The van der Waals surface area contributed by atoms with Crippen molar-refractivity contribution in [1.29, 1.82) is 0 Å². The maximum atomic E-state index is 12.7. The summed E-state index contributed by atoms with van der Waals surface area (Å²) < 4.78 is 5.62. The Labute approximate surface area is 143 Å². The number of rotatable bonds is 4. The number of methoxy groups -OCH3 is 1. The summed E-state index contributed by atoms with van der Waals surface area (Å²) in [7, 11) is 1.74. The zero-order valence-electron chi connectivity index (χ0n) is 14.9. The van der Waals surface area contributed by atoms with Gasteiger partial charge in [-0.05, 0) is 37.2 Å². The molecular weight excluding hydrogens is 302 g/mol. The first-order valence-electron chi connectivity index (χ1n) is 9.20. The van der Waals surface area contributed by atoms with Crippen molar-refractivity contribution in [3.63, 3.8) is 0 Å². The number of amides is 1. The molecule has 0 N–H and O–H groups in total. The molecule has 0 bridgehead atoms. The van der Waals surface area contributed by atoms with Crippen LogP contribution in [-0.4, -0.2) is 46.6 Å². The molecule has 2 aliphatic carbocycles. The summed E-state index contributed by atoms with van der Waals surface area (Å²) in [6.07, 6.45) is 6.75. The Morgan fingerprint density at radius 2 is 2.21 bits per heavy atom. The first-order chi connectivity index (χ1) is 11.5. The zero-order chi connectivity index (χ0) is 16.9. The van der Waals surface area contributed by atoms with Crippen LogP contribution in [-0.2, 0) is 16.0 Å². The summed E-state index contributed by atoms with van der Waals surface area (Å²) in [5.41, 5.74) is 2.30. The molecule has 130 valence electrons. The largest absolute Gasteiger partial charge is 0.378 e. The lowest BCUT2D eigenvalue weighted by Gasteiger charge is -2.40. The van der Waals surface area contributed by atoms with E-state index in [9.17, 15) is 4.79 Å². The molecule has 0 radical (unpaired) electrons. The van der Waals surface area contributed by atoms with Gasteiger partial charge in [0.25, 0.3) is 0 Å². The summed E-state index contributed by atoms with van der Waals surface area (Å²) in [5, 5.41) is 0. The third-order valence-electron chi connectivity index (χ3n) is 6.25. The number of nitrogens with zero attached hydrogens (tertiary/aromatic N) is 3. The lowest BCUT2D eigenvalue weighted by molar-refractivity contribution is -0.143. The van der Waals surface area contributed by atoms with Gasteiger partial charge in [0, 0.05) is 43.9 Å². The molecule has 2 fully saturated rings. The maximum absolute atomic E-state index is 12.7. The van der Waals surface area contributed by atoms with Gasteiger partial charge >= 0.3 is 0 Å². The highest BCUT2D eigenvalue weighted by molar-refractivity contribution is 5.78. The summed E-state index contributed by atoms with van der Waals surface area (Å²) in [6, 6.07) is 0. The van der Waals surface area contributed by atoms with E-state index in [0.717, 1.165) is 38.2 Å². The molecule has 1 aromatic heterocycles. The van der Waals surface area contributed by atoms with Gasteiger partial charge in [0.05, 0.1) is 12.0 Å². The van der Waals surface area contributed by atoms with Gasteiger partial charge in [-0.15, -0.1) is 0 Å². The number of hydrogen-bond acceptors (Lipinski definition) is 4. The van der Waals surface area contributed by atoms with Gasteiger partial charge in [-0.2, -0.15) is 0 Å². The number of likely N-dealkylation sites (tertiary alicyclic amines) is 1. The van der Waals surface area contributed by atoms with E-state index in [0.29, 0.717) is 24.2 Å². The Kier molecular flexibility index (Phi) is 3.87. The van der Waals surface area contributed by atoms with E-state index in [4.69, 9.17) is 9.72 Å². The van der Waals surface area contributed by atoms with Crippen molar-refractivity contribution < 1.29 is 9.53 Å². The minimum Gasteiger partial charge on any atom is -0.378 e. The highest BCUT2D eigenvalue weighted by Gasteiger charge is 2.45. The average molecular weight is 329 g/mol. The molecule has 1 saturated carbocycles. The molecule has 3 aliphatic rings. The van der Waals surface area contributed by atoms with Gasteiger partial charge in [-0.1, -0.05) is 13.8 Å². The monoisotopic (exact) mass is 329 g/mol. The van der Waals surface area contributed by atoms with E-state index in [1.165, 1.54) is 17.7 Å². The van der Waals surface area contributed by atoms with Crippen LogP contribution in [0.4, 0.5) is 0 Å². The summed E-state index contributed by atoms with van der Waals surface area (Å²) in [6.45, 7) is 5.94. The molecule has 2 atom stereocenters. The number of fused-ring (bicyclic) bond motifs is 3. The predicted molar refractivity (Wildman–Crippen MR) is 90.8 cm³/mol. The third kappa shape index (κ3) is 2.53. The van der Waals surface area contributed by atoms with Gasteiger partial charge in [0.15, 0.2) is 0 Å². The normalized spacial score (nSPS) is 27.1. The molecule has 2 heterocycles. The van der Waals surface area contributed by atoms with Crippen LogP contribution in [0.3, 0.4) is 0 Å². The van der Waals surface area contributed by atoms with Crippen LogP contribution in [0, 0.1) is 5.92 Å². The van der Waals surface area contributed by atoms with Gasteiger partial charge in [-0.25, -0.2) is 9.97 Å². The predicted octanol–water partition coefficient (Wildman–Crippen LogP) is 2.66. The van der Waals surface area contributed by atoms with Crippen LogP contribution in [0.1, 0.15) is 68.4 Å². The Morgan fingerprint density at radius 1 is 1.42 bits per heavy atom. The zero-order valence-corrected chi connectivity index (χ0v) is 14.9.